The van der Waals surface area contributed by atoms with E-state index in [1.165, 1.54) is 5.56 Å². The first-order valence-corrected chi connectivity index (χ1v) is 6.99. The van der Waals surface area contributed by atoms with Crippen LogP contribution in [-0.2, 0) is 0 Å². The summed E-state index contributed by atoms with van der Waals surface area (Å²) in [6, 6.07) is 9.34. The third kappa shape index (κ3) is 3.80. The van der Waals surface area contributed by atoms with Crippen molar-refractivity contribution in [1.82, 2.24) is 4.90 Å². The molecule has 96 valence electrons. The fourth-order valence-electron chi connectivity index (χ4n) is 2.16. The van der Waals surface area contributed by atoms with Crippen LogP contribution in [0.3, 0.4) is 0 Å². The van der Waals surface area contributed by atoms with Crippen LogP contribution in [0.1, 0.15) is 38.8 Å². The number of hydrogen-bond acceptors (Lipinski definition) is 2. The summed E-state index contributed by atoms with van der Waals surface area (Å²) in [5.41, 5.74) is 7.43. The van der Waals surface area contributed by atoms with Crippen LogP contribution in [0.25, 0.3) is 0 Å². The Bertz CT molecular complexity index is 352. The third-order valence-corrected chi connectivity index (χ3v) is 3.91. The van der Waals surface area contributed by atoms with E-state index in [1.807, 2.05) is 6.07 Å². The van der Waals surface area contributed by atoms with Gasteiger partial charge in [0.2, 0.25) is 0 Å². The molecule has 1 aromatic rings. The van der Waals surface area contributed by atoms with Gasteiger partial charge in [0.1, 0.15) is 0 Å². The Morgan fingerprint density at radius 3 is 2.47 bits per heavy atom. The molecule has 0 bridgehead atoms. The molecule has 17 heavy (non-hydrogen) atoms. The van der Waals surface area contributed by atoms with Gasteiger partial charge in [-0.1, -0.05) is 35.0 Å². The van der Waals surface area contributed by atoms with E-state index in [-0.39, 0.29) is 12.1 Å². The maximum absolute atomic E-state index is 6.16. The van der Waals surface area contributed by atoms with Crippen LogP contribution < -0.4 is 5.73 Å². The minimum Gasteiger partial charge on any atom is -0.326 e. The molecular weight excluding hydrogens is 276 g/mol. The van der Waals surface area contributed by atoms with Crippen molar-refractivity contribution in [2.45, 2.75) is 45.3 Å². The lowest BCUT2D eigenvalue weighted by Gasteiger charge is -2.35. The molecule has 0 heterocycles. The van der Waals surface area contributed by atoms with E-state index in [0.717, 1.165) is 10.9 Å². The number of hydrogen-bond donors (Lipinski definition) is 1. The minimum absolute atomic E-state index is 0.114. The summed E-state index contributed by atoms with van der Waals surface area (Å²) in [5, 5.41) is 0. The third-order valence-electron chi connectivity index (χ3n) is 3.41. The van der Waals surface area contributed by atoms with Crippen molar-refractivity contribution in [1.29, 1.82) is 0 Å². The Hall–Kier alpha value is -0.380. The van der Waals surface area contributed by atoms with Crippen molar-refractivity contribution in [2.24, 2.45) is 5.73 Å². The van der Waals surface area contributed by atoms with Gasteiger partial charge < -0.3 is 5.73 Å². The highest BCUT2D eigenvalue weighted by molar-refractivity contribution is 9.10. The second-order valence-corrected chi connectivity index (χ2v) is 5.70. The predicted octanol–water partition coefficient (Wildman–Crippen LogP) is 3.57. The first-order valence-electron chi connectivity index (χ1n) is 6.20. The number of benzene rings is 1. The van der Waals surface area contributed by atoms with Crippen LogP contribution in [0.4, 0.5) is 0 Å². The summed E-state index contributed by atoms with van der Waals surface area (Å²) >= 11 is 3.52. The van der Waals surface area contributed by atoms with Gasteiger partial charge in [0, 0.05) is 22.6 Å². The average molecular weight is 299 g/mol. The number of nitrogens with two attached hydrogens (primary N) is 1. The molecule has 0 saturated carbocycles. The van der Waals surface area contributed by atoms with E-state index in [1.54, 1.807) is 0 Å². The van der Waals surface area contributed by atoms with E-state index < -0.39 is 0 Å². The maximum Gasteiger partial charge on any atom is 0.0496 e. The van der Waals surface area contributed by atoms with E-state index >= 15 is 0 Å². The largest absolute Gasteiger partial charge is 0.326 e. The highest BCUT2D eigenvalue weighted by atomic mass is 79.9. The van der Waals surface area contributed by atoms with Crippen molar-refractivity contribution in [2.75, 3.05) is 7.05 Å². The molecule has 2 N–H and O–H groups in total. The van der Waals surface area contributed by atoms with E-state index in [2.05, 4.69) is 66.8 Å². The second-order valence-electron chi connectivity index (χ2n) is 4.78. The molecular formula is C14H23BrN2. The van der Waals surface area contributed by atoms with E-state index in [9.17, 15) is 0 Å². The Morgan fingerprint density at radius 1 is 1.35 bits per heavy atom. The van der Waals surface area contributed by atoms with Crippen LogP contribution in [-0.4, -0.2) is 24.0 Å². The Balaban J connectivity index is 3.01. The lowest BCUT2D eigenvalue weighted by atomic mass is 9.98. The van der Waals surface area contributed by atoms with Gasteiger partial charge in [-0.15, -0.1) is 0 Å². The van der Waals surface area contributed by atoms with Crippen LogP contribution in [0, 0.1) is 0 Å². The average Bonchev–Trinajstić information content (AvgIpc) is 2.27. The highest BCUT2D eigenvalue weighted by Crippen LogP contribution is 2.27. The number of likely N-dealkylation sites (N-methyl/N-ethyl adjacent to an activating group) is 1. The van der Waals surface area contributed by atoms with Gasteiger partial charge in [0.15, 0.2) is 0 Å². The molecule has 0 aliphatic carbocycles. The molecule has 0 spiro atoms. The van der Waals surface area contributed by atoms with Gasteiger partial charge in [-0.2, -0.15) is 0 Å². The van der Waals surface area contributed by atoms with Crippen molar-refractivity contribution in [3.05, 3.63) is 34.3 Å². The Morgan fingerprint density at radius 2 is 2.00 bits per heavy atom. The fourth-order valence-corrected chi connectivity index (χ4v) is 2.58. The van der Waals surface area contributed by atoms with E-state index in [0.29, 0.717) is 6.04 Å². The van der Waals surface area contributed by atoms with Crippen molar-refractivity contribution in [3.8, 4) is 0 Å². The number of nitrogens with zero attached hydrogens (tertiary/aromatic N) is 1. The summed E-state index contributed by atoms with van der Waals surface area (Å²) in [5.74, 6) is 0. The summed E-state index contributed by atoms with van der Waals surface area (Å²) in [6.45, 7) is 6.53. The molecule has 1 rings (SSSR count). The SMILES string of the molecule is CCC(C)N(C)C(c1cccc(Br)c1)C(C)N. The standard InChI is InChI=1S/C14H23BrN2/c1-5-10(2)17(4)14(11(3)16)12-7-6-8-13(15)9-12/h6-11,14H,5,16H2,1-4H3. The molecule has 0 amide bonds. The quantitative estimate of drug-likeness (QED) is 0.900. The monoisotopic (exact) mass is 298 g/mol. The van der Waals surface area contributed by atoms with Gasteiger partial charge in [0.05, 0.1) is 0 Å². The molecule has 0 aliphatic heterocycles. The van der Waals surface area contributed by atoms with Crippen molar-refractivity contribution in [3.63, 3.8) is 0 Å². The highest BCUT2D eigenvalue weighted by Gasteiger charge is 2.24. The lowest BCUT2D eigenvalue weighted by molar-refractivity contribution is 0.161. The van der Waals surface area contributed by atoms with Gasteiger partial charge >= 0.3 is 0 Å². The molecule has 1 aromatic carbocycles. The van der Waals surface area contributed by atoms with Crippen molar-refractivity contribution >= 4 is 15.9 Å². The molecule has 2 nitrogen and oxygen atoms in total. The molecule has 0 aliphatic rings. The molecule has 0 saturated heterocycles. The first-order chi connectivity index (χ1) is 7.97. The summed E-state index contributed by atoms with van der Waals surface area (Å²) in [7, 11) is 2.16. The first kappa shape index (κ1) is 14.7. The maximum atomic E-state index is 6.16. The number of halogens is 1. The predicted molar refractivity (Wildman–Crippen MR) is 78.0 cm³/mol. The van der Waals surface area contributed by atoms with Crippen LogP contribution in [0.15, 0.2) is 28.7 Å². The minimum atomic E-state index is 0.114. The van der Waals surface area contributed by atoms with Crippen molar-refractivity contribution < 1.29 is 0 Å². The zero-order valence-corrected chi connectivity index (χ0v) is 12.7. The van der Waals surface area contributed by atoms with Gasteiger partial charge in [-0.3, -0.25) is 4.90 Å². The zero-order chi connectivity index (χ0) is 13.0. The Labute approximate surface area is 113 Å². The normalized spacial score (nSPS) is 16.9. The summed E-state index contributed by atoms with van der Waals surface area (Å²) in [4.78, 5) is 2.37. The summed E-state index contributed by atoms with van der Waals surface area (Å²) in [6.07, 6.45) is 1.13. The topological polar surface area (TPSA) is 29.3 Å². The van der Waals surface area contributed by atoms with Crippen LogP contribution in [0.2, 0.25) is 0 Å². The summed E-state index contributed by atoms with van der Waals surface area (Å²) < 4.78 is 1.11. The molecule has 3 heteroatoms. The van der Waals surface area contributed by atoms with Gasteiger partial charge in [-0.25, -0.2) is 0 Å². The molecule has 3 atom stereocenters. The molecule has 0 fully saturated rings. The zero-order valence-electron chi connectivity index (χ0n) is 11.2. The number of rotatable bonds is 5. The molecule has 0 radical (unpaired) electrons. The molecule has 0 aromatic heterocycles. The fraction of sp³-hybridized carbons (Fsp3) is 0.571. The van der Waals surface area contributed by atoms with Gasteiger partial charge in [-0.05, 0) is 45.0 Å². The smallest absolute Gasteiger partial charge is 0.0496 e. The second kappa shape index (κ2) is 6.53. The lowest BCUT2D eigenvalue weighted by Crippen LogP contribution is -2.41. The van der Waals surface area contributed by atoms with Gasteiger partial charge in [0.25, 0.3) is 0 Å². The molecule has 3 unspecified atom stereocenters. The Kier molecular flexibility index (Phi) is 5.63. The van der Waals surface area contributed by atoms with Crippen LogP contribution >= 0.6 is 15.9 Å². The van der Waals surface area contributed by atoms with Crippen LogP contribution in [0.5, 0.6) is 0 Å². The van der Waals surface area contributed by atoms with E-state index in [4.69, 9.17) is 5.73 Å².